The summed E-state index contributed by atoms with van der Waals surface area (Å²) in [5.74, 6) is -1.57. The Morgan fingerprint density at radius 2 is 1.60 bits per heavy atom. The molecule has 108 valence electrons. The Kier molecular flexibility index (Phi) is 5.25. The molecule has 1 aromatic rings. The molecule has 0 saturated carbocycles. The van der Waals surface area contributed by atoms with Crippen molar-refractivity contribution >= 4 is 17.8 Å². The van der Waals surface area contributed by atoms with Crippen LogP contribution in [0.1, 0.15) is 34.6 Å². The van der Waals surface area contributed by atoms with Gasteiger partial charge in [0.05, 0.1) is 7.11 Å². The first-order chi connectivity index (χ1) is 9.36. The Balaban J connectivity index is 2.84. The zero-order chi connectivity index (χ0) is 15.3. The van der Waals surface area contributed by atoms with Crippen LogP contribution in [-0.4, -0.2) is 30.9 Å². The van der Waals surface area contributed by atoms with E-state index in [4.69, 9.17) is 5.73 Å². The number of nitrogens with one attached hydrogen (secondary N) is 1. The Hall–Kier alpha value is -2.37. The van der Waals surface area contributed by atoms with Crippen molar-refractivity contribution in [2.45, 2.75) is 19.9 Å². The van der Waals surface area contributed by atoms with Crippen molar-refractivity contribution in [3.63, 3.8) is 0 Å². The number of hydrogen-bond donors (Lipinski definition) is 2. The van der Waals surface area contributed by atoms with Gasteiger partial charge in [0.1, 0.15) is 6.04 Å². The second kappa shape index (κ2) is 6.70. The van der Waals surface area contributed by atoms with E-state index >= 15 is 0 Å². The minimum Gasteiger partial charge on any atom is -0.467 e. The van der Waals surface area contributed by atoms with Crippen LogP contribution < -0.4 is 11.1 Å². The number of ether oxygens (including phenoxy) is 1. The third kappa shape index (κ3) is 3.81. The lowest BCUT2D eigenvalue weighted by molar-refractivity contribution is -0.144. The Morgan fingerprint density at radius 1 is 1.10 bits per heavy atom. The number of rotatable bonds is 5. The molecule has 0 bridgehead atoms. The highest BCUT2D eigenvalue weighted by molar-refractivity contribution is 5.98. The van der Waals surface area contributed by atoms with Gasteiger partial charge >= 0.3 is 5.97 Å². The van der Waals surface area contributed by atoms with E-state index in [1.807, 2.05) is 0 Å². The van der Waals surface area contributed by atoms with Crippen molar-refractivity contribution in [2.24, 2.45) is 11.7 Å². The number of nitrogens with two attached hydrogens (primary N) is 1. The van der Waals surface area contributed by atoms with Crippen LogP contribution in [0.25, 0.3) is 0 Å². The second-order valence-electron chi connectivity index (χ2n) is 4.66. The fourth-order valence-electron chi connectivity index (χ4n) is 1.64. The van der Waals surface area contributed by atoms with E-state index in [1.165, 1.54) is 31.4 Å². The molecule has 6 heteroatoms. The minimum atomic E-state index is -0.719. The van der Waals surface area contributed by atoms with Gasteiger partial charge in [-0.2, -0.15) is 0 Å². The van der Waals surface area contributed by atoms with Gasteiger partial charge in [-0.05, 0) is 30.2 Å². The molecule has 1 atom stereocenters. The summed E-state index contributed by atoms with van der Waals surface area (Å²) in [6.45, 7) is 3.61. The molecule has 0 aliphatic carbocycles. The lowest BCUT2D eigenvalue weighted by Gasteiger charge is -2.19. The lowest BCUT2D eigenvalue weighted by Crippen LogP contribution is -2.45. The number of carbonyl (C=O) groups excluding carboxylic acids is 3. The molecule has 1 rings (SSSR count). The van der Waals surface area contributed by atoms with Crippen LogP contribution in [0.2, 0.25) is 0 Å². The van der Waals surface area contributed by atoms with Crippen molar-refractivity contribution in [1.82, 2.24) is 5.32 Å². The van der Waals surface area contributed by atoms with Crippen LogP contribution in [0.4, 0.5) is 0 Å². The molecule has 0 heterocycles. The van der Waals surface area contributed by atoms with Crippen molar-refractivity contribution in [1.29, 1.82) is 0 Å². The van der Waals surface area contributed by atoms with E-state index in [2.05, 4.69) is 10.1 Å². The number of hydrogen-bond acceptors (Lipinski definition) is 4. The predicted molar refractivity (Wildman–Crippen MR) is 73.1 cm³/mol. The van der Waals surface area contributed by atoms with Gasteiger partial charge in [-0.15, -0.1) is 0 Å². The molecule has 1 aromatic carbocycles. The largest absolute Gasteiger partial charge is 0.467 e. The molecular weight excluding hydrogens is 260 g/mol. The summed E-state index contributed by atoms with van der Waals surface area (Å²) in [5, 5.41) is 2.60. The molecule has 0 saturated heterocycles. The van der Waals surface area contributed by atoms with Gasteiger partial charge in [-0.3, -0.25) is 9.59 Å². The third-order valence-corrected chi connectivity index (χ3v) is 2.84. The highest BCUT2D eigenvalue weighted by atomic mass is 16.5. The molecule has 0 aliphatic rings. The number of carbonyl (C=O) groups is 3. The Bertz CT molecular complexity index is 508. The highest BCUT2D eigenvalue weighted by Gasteiger charge is 2.25. The quantitative estimate of drug-likeness (QED) is 0.775. The van der Waals surface area contributed by atoms with Gasteiger partial charge in [-0.1, -0.05) is 13.8 Å². The van der Waals surface area contributed by atoms with Crippen molar-refractivity contribution < 1.29 is 19.1 Å². The summed E-state index contributed by atoms with van der Waals surface area (Å²) in [7, 11) is 1.27. The van der Waals surface area contributed by atoms with Crippen LogP contribution in [0, 0.1) is 5.92 Å². The predicted octanol–water partition coefficient (Wildman–Crippen LogP) is 0.713. The molecule has 20 heavy (non-hydrogen) atoms. The average Bonchev–Trinajstić information content (AvgIpc) is 2.43. The fraction of sp³-hybridized carbons (Fsp3) is 0.357. The maximum atomic E-state index is 12.0. The van der Waals surface area contributed by atoms with Gasteiger partial charge in [-0.25, -0.2) is 4.79 Å². The van der Waals surface area contributed by atoms with E-state index in [1.54, 1.807) is 13.8 Å². The van der Waals surface area contributed by atoms with E-state index in [-0.39, 0.29) is 5.92 Å². The summed E-state index contributed by atoms with van der Waals surface area (Å²) in [5.41, 5.74) is 5.77. The lowest BCUT2D eigenvalue weighted by atomic mass is 10.0. The summed E-state index contributed by atoms with van der Waals surface area (Å²) in [6.07, 6.45) is 0. The van der Waals surface area contributed by atoms with Gasteiger partial charge < -0.3 is 15.8 Å². The summed E-state index contributed by atoms with van der Waals surface area (Å²) in [6, 6.07) is 5.15. The second-order valence-corrected chi connectivity index (χ2v) is 4.66. The maximum Gasteiger partial charge on any atom is 0.328 e. The Morgan fingerprint density at radius 3 is 2.00 bits per heavy atom. The van der Waals surface area contributed by atoms with Crippen LogP contribution in [-0.2, 0) is 9.53 Å². The van der Waals surface area contributed by atoms with E-state index in [9.17, 15) is 14.4 Å². The van der Waals surface area contributed by atoms with Crippen LogP contribution in [0.3, 0.4) is 0 Å². The molecule has 0 aromatic heterocycles. The monoisotopic (exact) mass is 278 g/mol. The third-order valence-electron chi connectivity index (χ3n) is 2.84. The topological polar surface area (TPSA) is 98.5 Å². The first kappa shape index (κ1) is 15.7. The minimum absolute atomic E-state index is 0.101. The van der Waals surface area contributed by atoms with Crippen LogP contribution >= 0.6 is 0 Å². The number of esters is 1. The normalized spacial score (nSPS) is 11.8. The van der Waals surface area contributed by atoms with Crippen LogP contribution in [0.5, 0.6) is 0 Å². The van der Waals surface area contributed by atoms with Gasteiger partial charge in [0.25, 0.3) is 5.91 Å². The van der Waals surface area contributed by atoms with Crippen molar-refractivity contribution in [2.75, 3.05) is 7.11 Å². The molecule has 1 unspecified atom stereocenters. The molecular formula is C14H18N2O4. The zero-order valence-electron chi connectivity index (χ0n) is 11.7. The number of benzene rings is 1. The van der Waals surface area contributed by atoms with E-state index in [0.717, 1.165) is 0 Å². The highest BCUT2D eigenvalue weighted by Crippen LogP contribution is 2.08. The molecule has 0 fully saturated rings. The zero-order valence-corrected chi connectivity index (χ0v) is 11.7. The first-order valence-corrected chi connectivity index (χ1v) is 6.15. The van der Waals surface area contributed by atoms with Crippen molar-refractivity contribution in [3.05, 3.63) is 35.4 Å². The average molecular weight is 278 g/mol. The molecule has 0 aliphatic heterocycles. The molecule has 3 N–H and O–H groups in total. The van der Waals surface area contributed by atoms with Crippen molar-refractivity contribution in [3.8, 4) is 0 Å². The standard InChI is InChI=1S/C14H18N2O4/c1-8(2)11(14(19)20-3)16-13(18)10-6-4-9(5-7-10)12(15)17/h4-8,11H,1-3H3,(H2,15,17)(H,16,18). The fourth-order valence-corrected chi connectivity index (χ4v) is 1.64. The SMILES string of the molecule is COC(=O)C(NC(=O)c1ccc(C(N)=O)cc1)C(C)C. The van der Waals surface area contributed by atoms with Crippen LogP contribution in [0.15, 0.2) is 24.3 Å². The first-order valence-electron chi connectivity index (χ1n) is 6.15. The van der Waals surface area contributed by atoms with E-state index in [0.29, 0.717) is 11.1 Å². The molecule has 6 nitrogen and oxygen atoms in total. The molecule has 0 spiro atoms. The van der Waals surface area contributed by atoms with Gasteiger partial charge in [0, 0.05) is 11.1 Å². The number of primary amides is 1. The molecule has 2 amide bonds. The number of amides is 2. The smallest absolute Gasteiger partial charge is 0.328 e. The Labute approximate surface area is 117 Å². The number of methoxy groups -OCH3 is 1. The summed E-state index contributed by atoms with van der Waals surface area (Å²) in [4.78, 5) is 34.5. The van der Waals surface area contributed by atoms with E-state index < -0.39 is 23.8 Å². The van der Waals surface area contributed by atoms with Gasteiger partial charge in [0.2, 0.25) is 5.91 Å². The summed E-state index contributed by atoms with van der Waals surface area (Å²) >= 11 is 0. The van der Waals surface area contributed by atoms with Gasteiger partial charge in [0.15, 0.2) is 0 Å². The molecule has 0 radical (unpaired) electrons. The summed E-state index contributed by atoms with van der Waals surface area (Å²) < 4.78 is 4.65. The maximum absolute atomic E-state index is 12.0.